The van der Waals surface area contributed by atoms with Gasteiger partial charge in [0.15, 0.2) is 8.32 Å². The Morgan fingerprint density at radius 2 is 1.83 bits per heavy atom. The molecule has 2 saturated carbocycles. The standard InChI is InChI=1S/C15H30O2Si/c1-14(2,3)18(4,5)17-13-7-6-9-15(13)10-8-12(16)11-15/h12-13,16H,6-11H2,1-5H3/t12?,13-,15?/m0/s1. The lowest BCUT2D eigenvalue weighted by Gasteiger charge is -2.43. The second kappa shape index (κ2) is 4.60. The Morgan fingerprint density at radius 1 is 1.17 bits per heavy atom. The Labute approximate surface area is 113 Å². The van der Waals surface area contributed by atoms with Crippen molar-refractivity contribution in [2.75, 3.05) is 0 Å². The van der Waals surface area contributed by atoms with Crippen molar-refractivity contribution in [1.82, 2.24) is 0 Å². The molecular formula is C15H30O2Si. The van der Waals surface area contributed by atoms with Gasteiger partial charge < -0.3 is 9.53 Å². The number of hydrogen-bond donors (Lipinski definition) is 1. The Morgan fingerprint density at radius 3 is 2.33 bits per heavy atom. The second-order valence-electron chi connectivity index (χ2n) is 8.02. The van der Waals surface area contributed by atoms with Gasteiger partial charge in [-0.15, -0.1) is 0 Å². The van der Waals surface area contributed by atoms with E-state index < -0.39 is 8.32 Å². The summed E-state index contributed by atoms with van der Waals surface area (Å²) in [5, 5.41) is 10.2. The average Bonchev–Trinajstić information content (AvgIpc) is 2.74. The molecule has 0 aliphatic heterocycles. The van der Waals surface area contributed by atoms with E-state index in [1.807, 2.05) is 0 Å². The normalized spacial score (nSPS) is 37.7. The summed E-state index contributed by atoms with van der Waals surface area (Å²) in [4.78, 5) is 0. The lowest BCUT2D eigenvalue weighted by atomic mass is 9.82. The van der Waals surface area contributed by atoms with Gasteiger partial charge in [-0.2, -0.15) is 0 Å². The molecular weight excluding hydrogens is 240 g/mol. The van der Waals surface area contributed by atoms with Crippen molar-refractivity contribution in [3.8, 4) is 0 Å². The molecule has 2 rings (SSSR count). The predicted octanol–water partition coefficient (Wildman–Crippen LogP) is 4.09. The van der Waals surface area contributed by atoms with E-state index >= 15 is 0 Å². The first kappa shape index (κ1) is 14.5. The minimum atomic E-state index is -1.67. The molecule has 2 aliphatic rings. The average molecular weight is 270 g/mol. The highest BCUT2D eigenvalue weighted by atomic mass is 28.4. The zero-order chi connectivity index (χ0) is 13.6. The third-order valence-corrected chi connectivity index (χ3v) is 10.2. The van der Waals surface area contributed by atoms with Gasteiger partial charge in [-0.25, -0.2) is 0 Å². The third-order valence-electron chi connectivity index (χ3n) is 5.68. The highest BCUT2D eigenvalue weighted by Crippen LogP contribution is 2.53. The smallest absolute Gasteiger partial charge is 0.192 e. The van der Waals surface area contributed by atoms with Crippen molar-refractivity contribution in [2.24, 2.45) is 5.41 Å². The van der Waals surface area contributed by atoms with E-state index in [2.05, 4.69) is 33.9 Å². The fourth-order valence-electron chi connectivity index (χ4n) is 3.47. The molecule has 3 heteroatoms. The van der Waals surface area contributed by atoms with Crippen LogP contribution in [0.4, 0.5) is 0 Å². The number of hydrogen-bond acceptors (Lipinski definition) is 2. The van der Waals surface area contributed by atoms with Crippen LogP contribution in [-0.2, 0) is 4.43 Å². The summed E-state index contributed by atoms with van der Waals surface area (Å²) in [6, 6.07) is 0. The Bertz CT molecular complexity index is 308. The zero-order valence-electron chi connectivity index (χ0n) is 12.8. The maximum Gasteiger partial charge on any atom is 0.192 e. The SMILES string of the molecule is CC(C)(C)[Si](C)(C)O[C@H]1CCCC12CCC(O)C2. The molecule has 1 spiro atoms. The molecule has 0 radical (unpaired) electrons. The summed E-state index contributed by atoms with van der Waals surface area (Å²) >= 11 is 0. The van der Waals surface area contributed by atoms with Crippen LogP contribution in [0.15, 0.2) is 0 Å². The lowest BCUT2D eigenvalue weighted by Crippen LogP contribution is -2.47. The molecule has 0 bridgehead atoms. The first-order valence-corrected chi connectivity index (χ1v) is 10.4. The summed E-state index contributed by atoms with van der Waals surface area (Å²) in [7, 11) is -1.67. The Balaban J connectivity index is 2.09. The number of rotatable bonds is 2. The first-order chi connectivity index (χ1) is 8.16. The van der Waals surface area contributed by atoms with E-state index in [-0.39, 0.29) is 11.1 Å². The minimum Gasteiger partial charge on any atom is -0.413 e. The van der Waals surface area contributed by atoms with E-state index in [1.54, 1.807) is 0 Å². The molecule has 106 valence electrons. The van der Waals surface area contributed by atoms with E-state index in [0.29, 0.717) is 11.5 Å². The van der Waals surface area contributed by atoms with Gasteiger partial charge >= 0.3 is 0 Å². The van der Waals surface area contributed by atoms with Crippen LogP contribution in [0.2, 0.25) is 18.1 Å². The molecule has 2 fully saturated rings. The van der Waals surface area contributed by atoms with Crippen molar-refractivity contribution < 1.29 is 9.53 Å². The van der Waals surface area contributed by atoms with Crippen LogP contribution >= 0.6 is 0 Å². The molecule has 0 amide bonds. The van der Waals surface area contributed by atoms with Gasteiger partial charge in [0.25, 0.3) is 0 Å². The molecule has 2 aliphatic carbocycles. The van der Waals surface area contributed by atoms with Gasteiger partial charge in [-0.3, -0.25) is 0 Å². The van der Waals surface area contributed by atoms with E-state index in [9.17, 15) is 5.11 Å². The van der Waals surface area contributed by atoms with Crippen molar-refractivity contribution >= 4 is 8.32 Å². The summed E-state index contributed by atoms with van der Waals surface area (Å²) in [6.07, 6.45) is 7.23. The molecule has 3 atom stereocenters. The predicted molar refractivity (Wildman–Crippen MR) is 78.2 cm³/mol. The molecule has 18 heavy (non-hydrogen) atoms. The summed E-state index contributed by atoms with van der Waals surface area (Å²) in [5.74, 6) is 0. The molecule has 0 saturated heterocycles. The Hall–Kier alpha value is 0.137. The Kier molecular flexibility index (Phi) is 3.72. The van der Waals surface area contributed by atoms with Gasteiger partial charge in [0.05, 0.1) is 12.2 Å². The highest BCUT2D eigenvalue weighted by molar-refractivity contribution is 6.74. The topological polar surface area (TPSA) is 29.5 Å². The van der Waals surface area contributed by atoms with Crippen molar-refractivity contribution in [1.29, 1.82) is 0 Å². The van der Waals surface area contributed by atoms with Crippen molar-refractivity contribution in [2.45, 2.75) is 89.6 Å². The molecule has 0 aromatic heterocycles. The third kappa shape index (κ3) is 2.54. The van der Waals surface area contributed by atoms with Crippen molar-refractivity contribution in [3.63, 3.8) is 0 Å². The van der Waals surface area contributed by atoms with Crippen LogP contribution < -0.4 is 0 Å². The van der Waals surface area contributed by atoms with Gasteiger partial charge in [0.1, 0.15) is 0 Å². The van der Waals surface area contributed by atoms with E-state index in [1.165, 1.54) is 25.7 Å². The molecule has 2 nitrogen and oxygen atoms in total. The minimum absolute atomic E-state index is 0.0754. The summed E-state index contributed by atoms with van der Waals surface area (Å²) in [5.41, 5.74) is 0.314. The van der Waals surface area contributed by atoms with Gasteiger partial charge in [-0.05, 0) is 55.7 Å². The largest absolute Gasteiger partial charge is 0.413 e. The van der Waals surface area contributed by atoms with Crippen LogP contribution in [0.5, 0.6) is 0 Å². The first-order valence-electron chi connectivity index (χ1n) is 7.52. The van der Waals surface area contributed by atoms with E-state index in [0.717, 1.165) is 12.8 Å². The fourth-order valence-corrected chi connectivity index (χ4v) is 4.90. The number of aliphatic hydroxyl groups excluding tert-OH is 1. The molecule has 1 N–H and O–H groups in total. The maximum absolute atomic E-state index is 9.89. The van der Waals surface area contributed by atoms with Gasteiger partial charge in [0.2, 0.25) is 0 Å². The monoisotopic (exact) mass is 270 g/mol. The van der Waals surface area contributed by atoms with Crippen LogP contribution in [0.3, 0.4) is 0 Å². The maximum atomic E-state index is 9.89. The fraction of sp³-hybridized carbons (Fsp3) is 1.00. The van der Waals surface area contributed by atoms with Gasteiger partial charge in [0, 0.05) is 0 Å². The van der Waals surface area contributed by atoms with Crippen LogP contribution in [0, 0.1) is 5.41 Å². The van der Waals surface area contributed by atoms with Crippen LogP contribution in [-0.4, -0.2) is 25.6 Å². The number of aliphatic hydroxyl groups is 1. The van der Waals surface area contributed by atoms with Gasteiger partial charge in [-0.1, -0.05) is 27.2 Å². The molecule has 0 heterocycles. The zero-order valence-corrected chi connectivity index (χ0v) is 13.8. The lowest BCUT2D eigenvalue weighted by molar-refractivity contribution is 0.0535. The molecule has 0 aromatic carbocycles. The highest BCUT2D eigenvalue weighted by Gasteiger charge is 2.51. The van der Waals surface area contributed by atoms with Crippen molar-refractivity contribution in [3.05, 3.63) is 0 Å². The van der Waals surface area contributed by atoms with E-state index in [4.69, 9.17) is 4.43 Å². The second-order valence-corrected chi connectivity index (χ2v) is 12.8. The molecule has 0 aromatic rings. The summed E-state index contributed by atoms with van der Waals surface area (Å²) in [6.45, 7) is 11.6. The molecule has 2 unspecified atom stereocenters. The van der Waals surface area contributed by atoms with Crippen LogP contribution in [0.1, 0.15) is 59.3 Å². The quantitative estimate of drug-likeness (QED) is 0.766. The van der Waals surface area contributed by atoms with Crippen LogP contribution in [0.25, 0.3) is 0 Å². The summed E-state index contributed by atoms with van der Waals surface area (Å²) < 4.78 is 6.68.